The molecular weight excluding hydrogens is 436 g/mol. The Hall–Kier alpha value is -4.22. The molecule has 0 heterocycles. The number of amides is 1. The minimum Gasteiger partial charge on any atom is -0.492 e. The molecule has 0 spiro atoms. The zero-order chi connectivity index (χ0) is 24.5. The van der Waals surface area contributed by atoms with E-state index in [1.165, 1.54) is 5.56 Å². The van der Waals surface area contributed by atoms with E-state index in [1.54, 1.807) is 48.5 Å². The fourth-order valence-corrected chi connectivity index (χ4v) is 3.69. The van der Waals surface area contributed by atoms with Crippen molar-refractivity contribution in [3.05, 3.63) is 131 Å². The fraction of sp³-hybridized carbons (Fsp3) is 0.133. The van der Waals surface area contributed by atoms with Crippen LogP contribution in [-0.4, -0.2) is 36.8 Å². The Morgan fingerprint density at radius 1 is 0.743 bits per heavy atom. The third kappa shape index (κ3) is 6.88. The topological polar surface area (TPSA) is 58.6 Å². The molecule has 35 heavy (non-hydrogen) atoms. The lowest BCUT2D eigenvalue weighted by Gasteiger charge is -2.17. The van der Waals surface area contributed by atoms with Gasteiger partial charge >= 0.3 is 0 Å². The Morgan fingerprint density at radius 2 is 1.37 bits per heavy atom. The quantitative estimate of drug-likeness (QED) is 0.307. The molecule has 4 aromatic rings. The number of ether oxygens (including phenoxy) is 1. The molecule has 5 heteroatoms. The van der Waals surface area contributed by atoms with Crippen LogP contribution >= 0.6 is 0 Å². The summed E-state index contributed by atoms with van der Waals surface area (Å²) in [5, 5.41) is 2.88. The first-order valence-electron chi connectivity index (χ1n) is 11.5. The molecular formula is C30H28N2O3. The number of benzene rings is 4. The smallest absolute Gasteiger partial charge is 0.255 e. The van der Waals surface area contributed by atoms with Crippen molar-refractivity contribution in [2.75, 3.05) is 25.5 Å². The zero-order valence-corrected chi connectivity index (χ0v) is 19.7. The maximum atomic E-state index is 12.7. The van der Waals surface area contributed by atoms with E-state index < -0.39 is 0 Å². The summed E-state index contributed by atoms with van der Waals surface area (Å²) >= 11 is 0. The van der Waals surface area contributed by atoms with E-state index in [0.29, 0.717) is 29.0 Å². The molecule has 0 saturated carbocycles. The van der Waals surface area contributed by atoms with Gasteiger partial charge in [-0.05, 0) is 49.0 Å². The van der Waals surface area contributed by atoms with Crippen LogP contribution in [0.1, 0.15) is 31.8 Å². The molecule has 0 bridgehead atoms. The number of nitrogens with zero attached hydrogens (tertiary/aromatic N) is 1. The number of hydrogen-bond donors (Lipinski definition) is 1. The van der Waals surface area contributed by atoms with Crippen LogP contribution in [0.3, 0.4) is 0 Å². The molecule has 0 unspecified atom stereocenters. The van der Waals surface area contributed by atoms with Crippen LogP contribution in [0.4, 0.5) is 5.69 Å². The van der Waals surface area contributed by atoms with Crippen molar-refractivity contribution in [1.82, 2.24) is 4.90 Å². The number of hydrogen-bond acceptors (Lipinski definition) is 4. The van der Waals surface area contributed by atoms with Crippen molar-refractivity contribution in [2.45, 2.75) is 6.54 Å². The van der Waals surface area contributed by atoms with E-state index in [0.717, 1.165) is 18.8 Å². The highest BCUT2D eigenvalue weighted by atomic mass is 16.5. The highest BCUT2D eigenvalue weighted by molar-refractivity contribution is 6.11. The number of likely N-dealkylation sites (N-methyl/N-ethyl adjacent to an activating group) is 1. The Labute approximate surface area is 206 Å². The van der Waals surface area contributed by atoms with Crippen molar-refractivity contribution in [2.24, 2.45) is 0 Å². The summed E-state index contributed by atoms with van der Waals surface area (Å²) in [6, 6.07) is 33.4. The van der Waals surface area contributed by atoms with Crippen LogP contribution in [0.5, 0.6) is 5.75 Å². The normalized spacial score (nSPS) is 10.7. The number of carbonyl (C=O) groups is 2. The van der Waals surface area contributed by atoms with Gasteiger partial charge in [-0.1, -0.05) is 72.8 Å². The van der Waals surface area contributed by atoms with Gasteiger partial charge in [0.1, 0.15) is 12.4 Å². The molecule has 0 fully saturated rings. The molecule has 0 saturated heterocycles. The minimum atomic E-state index is -0.274. The van der Waals surface area contributed by atoms with Crippen LogP contribution < -0.4 is 10.1 Å². The lowest BCUT2D eigenvalue weighted by Crippen LogP contribution is -2.23. The summed E-state index contributed by atoms with van der Waals surface area (Å²) in [6.45, 7) is 2.23. The second-order valence-electron chi connectivity index (χ2n) is 8.33. The third-order valence-corrected chi connectivity index (χ3v) is 5.57. The van der Waals surface area contributed by atoms with Gasteiger partial charge in [-0.15, -0.1) is 0 Å². The number of carbonyl (C=O) groups excluding carboxylic acids is 2. The Morgan fingerprint density at radius 3 is 2.09 bits per heavy atom. The summed E-state index contributed by atoms with van der Waals surface area (Å²) in [7, 11) is 2.07. The molecule has 0 aliphatic carbocycles. The van der Waals surface area contributed by atoms with Gasteiger partial charge in [0.15, 0.2) is 5.78 Å². The van der Waals surface area contributed by atoms with E-state index in [4.69, 9.17) is 4.74 Å². The lowest BCUT2D eigenvalue weighted by molar-refractivity contribution is 0.102. The van der Waals surface area contributed by atoms with Gasteiger partial charge in [0, 0.05) is 35.5 Å². The van der Waals surface area contributed by atoms with Gasteiger partial charge in [-0.3, -0.25) is 14.5 Å². The van der Waals surface area contributed by atoms with Crippen molar-refractivity contribution in [3.63, 3.8) is 0 Å². The summed E-state index contributed by atoms with van der Waals surface area (Å²) < 4.78 is 5.85. The van der Waals surface area contributed by atoms with Crippen molar-refractivity contribution in [1.29, 1.82) is 0 Å². The molecule has 0 aliphatic heterocycles. The number of nitrogens with one attached hydrogen (secondary N) is 1. The second kappa shape index (κ2) is 11.8. The van der Waals surface area contributed by atoms with E-state index in [-0.39, 0.29) is 11.7 Å². The summed E-state index contributed by atoms with van der Waals surface area (Å²) in [5.74, 6) is 0.353. The second-order valence-corrected chi connectivity index (χ2v) is 8.33. The van der Waals surface area contributed by atoms with Crippen molar-refractivity contribution >= 4 is 17.4 Å². The zero-order valence-electron chi connectivity index (χ0n) is 19.7. The number of anilines is 1. The van der Waals surface area contributed by atoms with E-state index in [2.05, 4.69) is 29.4 Å². The van der Waals surface area contributed by atoms with E-state index >= 15 is 0 Å². The van der Waals surface area contributed by atoms with Crippen molar-refractivity contribution in [3.8, 4) is 5.75 Å². The van der Waals surface area contributed by atoms with Gasteiger partial charge in [-0.25, -0.2) is 0 Å². The summed E-state index contributed by atoms with van der Waals surface area (Å²) in [4.78, 5) is 27.6. The first-order chi connectivity index (χ1) is 17.1. The molecule has 1 N–H and O–H groups in total. The van der Waals surface area contributed by atoms with E-state index in [1.807, 2.05) is 48.5 Å². The highest BCUT2D eigenvalue weighted by Crippen LogP contribution is 2.18. The summed E-state index contributed by atoms with van der Waals surface area (Å²) in [6.07, 6.45) is 0. The molecule has 0 aromatic heterocycles. The molecule has 1 amide bonds. The van der Waals surface area contributed by atoms with Crippen LogP contribution in [0.25, 0.3) is 0 Å². The van der Waals surface area contributed by atoms with Gasteiger partial charge in [0.25, 0.3) is 5.91 Å². The molecule has 4 aromatic carbocycles. The molecule has 0 aliphatic rings. The average Bonchev–Trinajstić information content (AvgIpc) is 2.90. The Kier molecular flexibility index (Phi) is 8.04. The van der Waals surface area contributed by atoms with Crippen LogP contribution in [0, 0.1) is 0 Å². The van der Waals surface area contributed by atoms with Gasteiger partial charge < -0.3 is 10.1 Å². The monoisotopic (exact) mass is 464 g/mol. The number of ketones is 1. The highest BCUT2D eigenvalue weighted by Gasteiger charge is 2.12. The van der Waals surface area contributed by atoms with Crippen molar-refractivity contribution < 1.29 is 14.3 Å². The Bertz CT molecular complexity index is 1260. The predicted molar refractivity (Wildman–Crippen MR) is 139 cm³/mol. The Balaban J connectivity index is 1.28. The molecule has 5 nitrogen and oxygen atoms in total. The molecule has 176 valence electrons. The SMILES string of the molecule is CN(CCOc1ccc(NC(=O)c2cccc(C(=O)c3ccccc3)c2)cc1)Cc1ccccc1. The predicted octanol–water partition coefficient (Wildman–Crippen LogP) is 5.68. The largest absolute Gasteiger partial charge is 0.492 e. The van der Waals surface area contributed by atoms with Crippen LogP contribution in [0.2, 0.25) is 0 Å². The van der Waals surface area contributed by atoms with Gasteiger partial charge in [0.2, 0.25) is 0 Å². The van der Waals surface area contributed by atoms with Gasteiger partial charge in [-0.2, -0.15) is 0 Å². The van der Waals surface area contributed by atoms with E-state index in [9.17, 15) is 9.59 Å². The number of rotatable bonds is 10. The average molecular weight is 465 g/mol. The summed E-state index contributed by atoms with van der Waals surface area (Å²) in [5.41, 5.74) is 3.42. The lowest BCUT2D eigenvalue weighted by atomic mass is 10.0. The fourth-order valence-electron chi connectivity index (χ4n) is 3.69. The minimum absolute atomic E-state index is 0.115. The molecule has 4 rings (SSSR count). The molecule has 0 atom stereocenters. The van der Waals surface area contributed by atoms with Gasteiger partial charge in [0.05, 0.1) is 0 Å². The standard InChI is InChI=1S/C30H28N2O3/c1-32(22-23-9-4-2-5-10-23)19-20-35-28-17-15-27(16-18-28)31-30(34)26-14-8-13-25(21-26)29(33)24-11-6-3-7-12-24/h2-18,21H,19-20,22H2,1H3,(H,31,34). The van der Waals surface area contributed by atoms with Crippen LogP contribution in [0.15, 0.2) is 109 Å². The first kappa shape index (κ1) is 23.9. The maximum Gasteiger partial charge on any atom is 0.255 e. The third-order valence-electron chi connectivity index (χ3n) is 5.57. The maximum absolute atomic E-state index is 12.7. The van der Waals surface area contributed by atoms with Crippen LogP contribution in [-0.2, 0) is 6.54 Å². The first-order valence-corrected chi connectivity index (χ1v) is 11.5. The molecule has 0 radical (unpaired) electrons.